The maximum atomic E-state index is 12.4. The van der Waals surface area contributed by atoms with E-state index in [1.54, 1.807) is 13.8 Å². The zero-order valence-corrected chi connectivity index (χ0v) is 41.8. The summed E-state index contributed by atoms with van der Waals surface area (Å²) in [6.45, 7) is 5.41. The van der Waals surface area contributed by atoms with Crippen molar-refractivity contribution in [2.75, 3.05) is 19.8 Å². The van der Waals surface area contributed by atoms with E-state index in [4.69, 9.17) is 43.0 Å². The second-order valence-electron chi connectivity index (χ2n) is 19.7. The van der Waals surface area contributed by atoms with E-state index >= 15 is 0 Å². The molecule has 3 aliphatic rings. The molecule has 21 nitrogen and oxygen atoms in total. The van der Waals surface area contributed by atoms with Gasteiger partial charge in [0.05, 0.1) is 31.5 Å². The molecule has 0 unspecified atom stereocenters. The fraction of sp³-hybridized carbons (Fsp3) is 0.939. The molecule has 410 valence electrons. The molecular weight excluding hydrogens is 925 g/mol. The number of esters is 2. The molecule has 0 amide bonds. The van der Waals surface area contributed by atoms with Gasteiger partial charge in [0.25, 0.3) is 0 Å². The zero-order chi connectivity index (χ0) is 51.8. The molecule has 0 aromatic carbocycles. The molecule has 17 atom stereocenters. The predicted octanol–water partition coefficient (Wildman–Crippen LogP) is 2.26. The number of aliphatic hydroxyl groups excluding tert-OH is 9. The second-order valence-corrected chi connectivity index (χ2v) is 19.7. The fourth-order valence-corrected chi connectivity index (χ4v) is 8.85. The van der Waals surface area contributed by atoms with Gasteiger partial charge < -0.3 is 89.0 Å². The van der Waals surface area contributed by atoms with Crippen LogP contribution >= 0.6 is 0 Å². The Morgan fingerprint density at radius 1 is 0.586 bits per heavy atom. The number of carboxylic acid groups (broad SMARTS) is 1. The molecule has 0 spiro atoms. The minimum atomic E-state index is -1.91. The molecule has 0 aromatic rings. The number of carbonyl (C=O) groups excluding carboxylic acids is 2. The van der Waals surface area contributed by atoms with Gasteiger partial charge in [-0.1, -0.05) is 111 Å². The lowest BCUT2D eigenvalue weighted by Crippen LogP contribution is -2.65. The monoisotopic (exact) mass is 1010 g/mol. The van der Waals surface area contributed by atoms with Crippen molar-refractivity contribution in [3.63, 3.8) is 0 Å². The van der Waals surface area contributed by atoms with Gasteiger partial charge in [-0.2, -0.15) is 0 Å². The van der Waals surface area contributed by atoms with Gasteiger partial charge in [-0.15, -0.1) is 0 Å². The van der Waals surface area contributed by atoms with Crippen molar-refractivity contribution >= 4 is 17.9 Å². The summed E-state index contributed by atoms with van der Waals surface area (Å²) in [6.07, 6.45) is -7.77. The third-order valence-electron chi connectivity index (χ3n) is 13.1. The van der Waals surface area contributed by atoms with Crippen molar-refractivity contribution in [1.82, 2.24) is 0 Å². The number of carboxylic acids is 1. The van der Waals surface area contributed by atoms with Crippen molar-refractivity contribution < 1.29 is 103 Å². The van der Waals surface area contributed by atoms with Gasteiger partial charge in [0.1, 0.15) is 61.5 Å². The Labute approximate surface area is 413 Å². The second kappa shape index (κ2) is 33.6. The van der Waals surface area contributed by atoms with Gasteiger partial charge in [-0.05, 0) is 44.4 Å². The molecule has 3 saturated heterocycles. The number of aliphatic carboxylic acids is 1. The highest BCUT2D eigenvalue weighted by molar-refractivity contribution is 5.71. The topological polar surface area (TPSA) is 327 Å². The zero-order valence-electron chi connectivity index (χ0n) is 41.8. The summed E-state index contributed by atoms with van der Waals surface area (Å²) in [7, 11) is 0. The van der Waals surface area contributed by atoms with Gasteiger partial charge in [0.2, 0.25) is 0 Å². The minimum Gasteiger partial charge on any atom is -0.479 e. The summed E-state index contributed by atoms with van der Waals surface area (Å²) < 4.78 is 46.5. The van der Waals surface area contributed by atoms with E-state index in [9.17, 15) is 60.3 Å². The standard InChI is InChI=1S/C49H88O21/c1-5-6-20-31(21-19-24-33(52)32(51)22-17-15-13-11-9-7-8-10-12-14-16-18-23-34(53)46(61)62)67-48-44(39(57)35(54)26-64-48)70-49-45(40(58)36(55)27-65-49)69-47-42(60)41(59)43(66-30(4)50)37(68-47)28-63-38(56)25-29(2)3/h29,31-37,39-45,47-49,51-55,57-60H,5-28H2,1-4H3,(H,61,62)/t31-,32+,33-,34+,35-,36-,37-,39+,40+,41-,42-,43-,44-,45-,47+,48+,49+/m0/s1. The van der Waals surface area contributed by atoms with Crippen LogP contribution < -0.4 is 0 Å². The van der Waals surface area contributed by atoms with Crippen molar-refractivity contribution in [2.45, 2.75) is 267 Å². The molecule has 70 heavy (non-hydrogen) atoms. The molecule has 0 radical (unpaired) electrons. The molecule has 10 N–H and O–H groups in total. The first-order valence-electron chi connectivity index (χ1n) is 25.9. The van der Waals surface area contributed by atoms with Crippen LogP contribution in [0.15, 0.2) is 0 Å². The Morgan fingerprint density at radius 2 is 1.07 bits per heavy atom. The molecule has 3 heterocycles. The van der Waals surface area contributed by atoms with Crippen LogP contribution in [0.3, 0.4) is 0 Å². The van der Waals surface area contributed by atoms with Gasteiger partial charge in [0.15, 0.2) is 31.1 Å². The van der Waals surface area contributed by atoms with Crippen LogP contribution in [-0.4, -0.2) is 193 Å². The minimum absolute atomic E-state index is 0.0403. The van der Waals surface area contributed by atoms with Crippen molar-refractivity contribution in [3.05, 3.63) is 0 Å². The van der Waals surface area contributed by atoms with Crippen molar-refractivity contribution in [3.8, 4) is 0 Å². The van der Waals surface area contributed by atoms with Crippen LogP contribution in [0.4, 0.5) is 0 Å². The van der Waals surface area contributed by atoms with E-state index in [1.165, 1.54) is 0 Å². The van der Waals surface area contributed by atoms with Crippen molar-refractivity contribution in [1.29, 1.82) is 0 Å². The number of carbonyl (C=O) groups is 3. The van der Waals surface area contributed by atoms with E-state index in [2.05, 4.69) is 0 Å². The Kier molecular flexibility index (Phi) is 29.8. The highest BCUT2D eigenvalue weighted by Crippen LogP contribution is 2.33. The molecule has 3 aliphatic heterocycles. The van der Waals surface area contributed by atoms with Gasteiger partial charge >= 0.3 is 17.9 Å². The van der Waals surface area contributed by atoms with Crippen LogP contribution in [-0.2, 0) is 52.3 Å². The first-order valence-corrected chi connectivity index (χ1v) is 25.9. The highest BCUT2D eigenvalue weighted by Gasteiger charge is 2.52. The highest BCUT2D eigenvalue weighted by atomic mass is 16.8. The summed E-state index contributed by atoms with van der Waals surface area (Å²) in [5.41, 5.74) is 0. The lowest BCUT2D eigenvalue weighted by molar-refractivity contribution is -0.380. The fourth-order valence-electron chi connectivity index (χ4n) is 8.85. The number of ether oxygens (including phenoxy) is 8. The van der Waals surface area contributed by atoms with Gasteiger partial charge in [-0.25, -0.2) is 4.79 Å². The summed E-state index contributed by atoms with van der Waals surface area (Å²) in [4.78, 5) is 35.0. The summed E-state index contributed by atoms with van der Waals surface area (Å²) in [5.74, 6) is -2.62. The largest absolute Gasteiger partial charge is 0.479 e. The maximum absolute atomic E-state index is 12.4. The molecular formula is C49H88O21. The molecule has 0 bridgehead atoms. The van der Waals surface area contributed by atoms with Crippen molar-refractivity contribution in [2.24, 2.45) is 5.92 Å². The summed E-state index contributed by atoms with van der Waals surface area (Å²) in [6, 6.07) is 0. The van der Waals surface area contributed by atoms with E-state index in [1.807, 2.05) is 6.92 Å². The third kappa shape index (κ3) is 22.1. The number of hydrogen-bond acceptors (Lipinski definition) is 20. The van der Waals surface area contributed by atoms with E-state index in [0.717, 1.165) is 96.8 Å². The van der Waals surface area contributed by atoms with Gasteiger partial charge in [-0.3, -0.25) is 9.59 Å². The normalized spacial score (nSPS) is 31.2. The van der Waals surface area contributed by atoms with Gasteiger partial charge in [0, 0.05) is 13.3 Å². The van der Waals surface area contributed by atoms with E-state index < -0.39 is 135 Å². The Bertz CT molecular complexity index is 1440. The SMILES string of the molecule is CCCC[C@@H](CCC[C@H](O)[C@H](O)CCCCCCCCCCCCCC[C@@H](O)C(=O)O)O[C@H]1OC[C@H](O)[C@@H](O)[C@@H]1O[C@H]1OC[C@H](O)[C@@H](O)[C@@H]1O[C@H]1O[C@@H](COC(=O)CC(C)C)[C@H](OC(C)=O)[C@@H](O)[C@@H]1O. The smallest absolute Gasteiger partial charge is 0.332 e. The molecule has 0 aliphatic carbocycles. The van der Waals surface area contributed by atoms with Crippen LogP contribution in [0.5, 0.6) is 0 Å². The predicted molar refractivity (Wildman–Crippen MR) is 248 cm³/mol. The quantitative estimate of drug-likeness (QED) is 0.0321. The first-order chi connectivity index (χ1) is 33.3. The Morgan fingerprint density at radius 3 is 1.60 bits per heavy atom. The lowest BCUT2D eigenvalue weighted by Gasteiger charge is -2.46. The molecule has 3 rings (SSSR count). The van der Waals surface area contributed by atoms with Crippen LogP contribution in [0.1, 0.15) is 163 Å². The number of hydrogen-bond donors (Lipinski definition) is 10. The van der Waals surface area contributed by atoms with E-state index in [0.29, 0.717) is 38.5 Å². The summed E-state index contributed by atoms with van der Waals surface area (Å²) >= 11 is 0. The third-order valence-corrected chi connectivity index (χ3v) is 13.1. The number of rotatable bonds is 35. The molecule has 3 fully saturated rings. The van der Waals surface area contributed by atoms with Crippen LogP contribution in [0.25, 0.3) is 0 Å². The molecule has 21 heteroatoms. The summed E-state index contributed by atoms with van der Waals surface area (Å²) in [5, 5.41) is 106. The number of aliphatic hydroxyl groups is 9. The molecule has 0 aromatic heterocycles. The average Bonchev–Trinajstić information content (AvgIpc) is 3.31. The Balaban J connectivity index is 1.52. The Hall–Kier alpha value is -2.19. The van der Waals surface area contributed by atoms with Crippen LogP contribution in [0, 0.1) is 5.92 Å². The average molecular weight is 1010 g/mol. The first kappa shape index (κ1) is 62.1. The van der Waals surface area contributed by atoms with Crippen LogP contribution in [0.2, 0.25) is 0 Å². The number of unbranched alkanes of at least 4 members (excludes halogenated alkanes) is 12. The maximum Gasteiger partial charge on any atom is 0.332 e. The van der Waals surface area contributed by atoms with E-state index in [-0.39, 0.29) is 18.9 Å². The molecule has 0 saturated carbocycles. The lowest BCUT2D eigenvalue weighted by atomic mass is 9.98.